The number of hydrogen-bond donors (Lipinski definition) is 1. The van der Waals surface area contributed by atoms with E-state index in [0.29, 0.717) is 0 Å². The van der Waals surface area contributed by atoms with E-state index in [0.717, 1.165) is 6.08 Å². The molecule has 0 amide bonds. The van der Waals surface area contributed by atoms with Gasteiger partial charge in [0.25, 0.3) is 0 Å². The van der Waals surface area contributed by atoms with Crippen LogP contribution in [0, 0.1) is 0 Å². The number of phenols is 1. The predicted molar refractivity (Wildman–Crippen MR) is 58.4 cm³/mol. The van der Waals surface area contributed by atoms with Crippen molar-refractivity contribution in [2.45, 2.75) is 0 Å². The lowest BCUT2D eigenvalue weighted by molar-refractivity contribution is 0.0913. The average molecular weight is 234 g/mol. The number of Topliss-reactive ketones (excluding diaryl/α,β-unsaturated/α-hetero) is 1. The fourth-order valence-electron chi connectivity index (χ4n) is 1.71. The third kappa shape index (κ3) is 1.56. The van der Waals surface area contributed by atoms with Gasteiger partial charge in [-0.25, -0.2) is 0 Å². The van der Waals surface area contributed by atoms with Gasteiger partial charge in [0.2, 0.25) is 5.78 Å². The molecular formula is C12H10O5. The van der Waals surface area contributed by atoms with Crippen LogP contribution in [0.3, 0.4) is 0 Å². The molecule has 1 N–H and O–H groups in total. The summed E-state index contributed by atoms with van der Waals surface area (Å²) in [6.45, 7) is 0. The quantitative estimate of drug-likeness (QED) is 0.835. The van der Waals surface area contributed by atoms with E-state index in [1.807, 2.05) is 0 Å². The molecule has 5 heteroatoms. The minimum atomic E-state index is -0.529. The Morgan fingerprint density at radius 2 is 1.82 bits per heavy atom. The first-order valence-corrected chi connectivity index (χ1v) is 4.84. The monoisotopic (exact) mass is 234 g/mol. The third-order valence-electron chi connectivity index (χ3n) is 2.56. The highest BCUT2D eigenvalue weighted by molar-refractivity contribution is 6.25. The number of ketones is 2. The topological polar surface area (TPSA) is 72.8 Å². The van der Waals surface area contributed by atoms with Gasteiger partial charge in [-0.1, -0.05) is 0 Å². The van der Waals surface area contributed by atoms with Gasteiger partial charge in [0.1, 0.15) is 0 Å². The summed E-state index contributed by atoms with van der Waals surface area (Å²) in [6.07, 6.45) is 1.11. The van der Waals surface area contributed by atoms with Gasteiger partial charge in [0.15, 0.2) is 23.0 Å². The second-order valence-corrected chi connectivity index (χ2v) is 3.45. The Morgan fingerprint density at radius 1 is 1.12 bits per heavy atom. The molecule has 0 aliphatic heterocycles. The molecule has 0 unspecified atom stereocenters. The molecule has 0 saturated carbocycles. The zero-order chi connectivity index (χ0) is 12.6. The van der Waals surface area contributed by atoms with Gasteiger partial charge in [-0.3, -0.25) is 9.59 Å². The number of hydrogen-bond acceptors (Lipinski definition) is 5. The minimum absolute atomic E-state index is 0.0753. The van der Waals surface area contributed by atoms with Gasteiger partial charge in [-0.15, -0.1) is 0 Å². The molecule has 5 nitrogen and oxygen atoms in total. The van der Waals surface area contributed by atoms with E-state index < -0.39 is 5.78 Å². The van der Waals surface area contributed by atoms with Crippen LogP contribution in [0.5, 0.6) is 11.5 Å². The zero-order valence-electron chi connectivity index (χ0n) is 9.31. The maximum absolute atomic E-state index is 11.9. The van der Waals surface area contributed by atoms with Crippen LogP contribution in [0.4, 0.5) is 0 Å². The van der Waals surface area contributed by atoms with Crippen LogP contribution in [-0.4, -0.2) is 30.9 Å². The molecule has 1 aliphatic carbocycles. The van der Waals surface area contributed by atoms with Gasteiger partial charge in [0.05, 0.1) is 19.8 Å². The van der Waals surface area contributed by atoms with Crippen molar-refractivity contribution >= 4 is 11.6 Å². The maximum atomic E-state index is 11.9. The standard InChI is InChI=1S/C12H10O5/c1-16-8-4-3-6-7(13)5-9(17-2)12(15)10(6)11(8)14/h3-5,14H,1-2H3. The molecule has 1 aromatic rings. The summed E-state index contributed by atoms with van der Waals surface area (Å²) in [5.74, 6) is -1.20. The van der Waals surface area contributed by atoms with Crippen molar-refractivity contribution in [2.75, 3.05) is 14.2 Å². The number of carbonyl (C=O) groups is 2. The summed E-state index contributed by atoms with van der Waals surface area (Å²) in [4.78, 5) is 23.6. The zero-order valence-corrected chi connectivity index (χ0v) is 9.31. The van der Waals surface area contributed by atoms with Crippen molar-refractivity contribution in [1.29, 1.82) is 0 Å². The van der Waals surface area contributed by atoms with Crippen molar-refractivity contribution in [3.63, 3.8) is 0 Å². The average Bonchev–Trinajstić information content (AvgIpc) is 2.33. The highest BCUT2D eigenvalue weighted by atomic mass is 16.5. The Balaban J connectivity index is 2.69. The van der Waals surface area contributed by atoms with Crippen molar-refractivity contribution in [3.05, 3.63) is 35.1 Å². The largest absolute Gasteiger partial charge is 0.504 e. The van der Waals surface area contributed by atoms with Gasteiger partial charge >= 0.3 is 0 Å². The molecule has 0 bridgehead atoms. The summed E-state index contributed by atoms with van der Waals surface area (Å²) in [5, 5.41) is 9.86. The maximum Gasteiger partial charge on any atom is 0.232 e. The van der Waals surface area contributed by atoms with Crippen LogP contribution in [-0.2, 0) is 4.74 Å². The Morgan fingerprint density at radius 3 is 2.41 bits per heavy atom. The highest BCUT2D eigenvalue weighted by Gasteiger charge is 2.30. The number of methoxy groups -OCH3 is 2. The lowest BCUT2D eigenvalue weighted by Gasteiger charge is -2.16. The van der Waals surface area contributed by atoms with Crippen LogP contribution in [0.1, 0.15) is 20.7 Å². The number of fused-ring (bicyclic) bond motifs is 1. The van der Waals surface area contributed by atoms with Crippen molar-refractivity contribution in [2.24, 2.45) is 0 Å². The van der Waals surface area contributed by atoms with E-state index in [4.69, 9.17) is 9.47 Å². The third-order valence-corrected chi connectivity index (χ3v) is 2.56. The van der Waals surface area contributed by atoms with Crippen molar-refractivity contribution in [3.8, 4) is 11.5 Å². The van der Waals surface area contributed by atoms with Gasteiger partial charge < -0.3 is 14.6 Å². The van der Waals surface area contributed by atoms with Crippen LogP contribution >= 0.6 is 0 Å². The minimum Gasteiger partial charge on any atom is -0.504 e. The van der Waals surface area contributed by atoms with Crippen LogP contribution < -0.4 is 4.74 Å². The van der Waals surface area contributed by atoms with Crippen molar-refractivity contribution < 1.29 is 24.2 Å². The van der Waals surface area contributed by atoms with E-state index in [1.165, 1.54) is 26.4 Å². The summed E-state index contributed by atoms with van der Waals surface area (Å²) < 4.78 is 9.69. The van der Waals surface area contributed by atoms with E-state index in [2.05, 4.69) is 0 Å². The van der Waals surface area contributed by atoms with Crippen molar-refractivity contribution in [1.82, 2.24) is 0 Å². The summed E-state index contributed by atoms with van der Waals surface area (Å²) >= 11 is 0. The number of ether oxygens (including phenoxy) is 2. The first kappa shape index (κ1) is 11.2. The Kier molecular flexibility index (Phi) is 2.59. The summed E-state index contributed by atoms with van der Waals surface area (Å²) in [7, 11) is 2.66. The first-order chi connectivity index (χ1) is 8.10. The number of benzene rings is 1. The van der Waals surface area contributed by atoms with Gasteiger partial charge in [-0.2, -0.15) is 0 Å². The smallest absolute Gasteiger partial charge is 0.232 e. The molecule has 1 aliphatic rings. The second-order valence-electron chi connectivity index (χ2n) is 3.45. The molecule has 0 spiro atoms. The van der Waals surface area contributed by atoms with Crippen LogP contribution in [0.15, 0.2) is 24.0 Å². The molecule has 1 aromatic carbocycles. The SMILES string of the molecule is COC1=CC(=O)c2ccc(OC)c(O)c2C1=O. The Bertz CT molecular complexity index is 542. The molecule has 0 aromatic heterocycles. The van der Waals surface area contributed by atoms with Crippen LogP contribution in [0.2, 0.25) is 0 Å². The van der Waals surface area contributed by atoms with E-state index in [9.17, 15) is 14.7 Å². The van der Waals surface area contributed by atoms with Gasteiger partial charge in [0, 0.05) is 11.6 Å². The van der Waals surface area contributed by atoms with Crippen LogP contribution in [0.25, 0.3) is 0 Å². The molecule has 0 fully saturated rings. The Labute approximate surface area is 97.3 Å². The molecule has 0 radical (unpaired) electrons. The highest BCUT2D eigenvalue weighted by Crippen LogP contribution is 2.36. The molecule has 88 valence electrons. The Hall–Kier alpha value is -2.30. The fourth-order valence-corrected chi connectivity index (χ4v) is 1.71. The molecule has 17 heavy (non-hydrogen) atoms. The number of carbonyl (C=O) groups excluding carboxylic acids is 2. The molecule has 0 atom stereocenters. The fraction of sp³-hybridized carbons (Fsp3) is 0.167. The van der Waals surface area contributed by atoms with E-state index in [1.54, 1.807) is 0 Å². The van der Waals surface area contributed by atoms with Gasteiger partial charge in [-0.05, 0) is 12.1 Å². The number of rotatable bonds is 2. The molecule has 0 saturated heterocycles. The lowest BCUT2D eigenvalue weighted by atomic mass is 9.92. The first-order valence-electron chi connectivity index (χ1n) is 4.84. The number of aromatic hydroxyl groups is 1. The normalized spacial score (nSPS) is 14.1. The second kappa shape index (κ2) is 3.93. The number of phenolic OH excluding ortho intramolecular Hbond substituents is 1. The summed E-state index contributed by atoms with van der Waals surface area (Å²) in [6, 6.07) is 2.88. The van der Waals surface area contributed by atoms with E-state index >= 15 is 0 Å². The predicted octanol–water partition coefficient (Wildman–Crippen LogP) is 1.31. The summed E-state index contributed by atoms with van der Waals surface area (Å²) in [5.41, 5.74) is 0.0720. The van der Waals surface area contributed by atoms with E-state index in [-0.39, 0.29) is 34.2 Å². The lowest BCUT2D eigenvalue weighted by Crippen LogP contribution is -2.18. The molecule has 2 rings (SSSR count). The molecule has 0 heterocycles. The number of allylic oxidation sites excluding steroid dienone is 2. The molecular weight excluding hydrogens is 224 g/mol.